The molecule has 0 spiro atoms. The van der Waals surface area contributed by atoms with E-state index in [2.05, 4.69) is 10.6 Å². The molecule has 6 heteroatoms. The second-order valence-corrected chi connectivity index (χ2v) is 2.21. The number of carbonyl (C=O) groups is 2. The molecule has 1 fully saturated rings. The van der Waals surface area contributed by atoms with Gasteiger partial charge >= 0.3 is 0 Å². The van der Waals surface area contributed by atoms with Crippen molar-refractivity contribution in [3.05, 3.63) is 0 Å². The van der Waals surface area contributed by atoms with Crippen LogP contribution in [0.2, 0.25) is 0 Å². The zero-order valence-electron chi connectivity index (χ0n) is 5.76. The number of rotatable bonds is 1. The first-order chi connectivity index (χ1) is 5.24. The van der Waals surface area contributed by atoms with E-state index in [4.69, 9.17) is 5.21 Å². The van der Waals surface area contributed by atoms with Crippen LogP contribution in [0, 0.1) is 0 Å². The van der Waals surface area contributed by atoms with E-state index < -0.39 is 11.9 Å². The topological polar surface area (TPSA) is 90.5 Å². The number of hydroxylamine groups is 1. The van der Waals surface area contributed by atoms with E-state index in [0.717, 1.165) is 0 Å². The summed E-state index contributed by atoms with van der Waals surface area (Å²) in [6, 6.07) is -0.530. The normalized spacial score (nSPS) is 24.1. The van der Waals surface area contributed by atoms with Crippen molar-refractivity contribution in [3.63, 3.8) is 0 Å². The lowest BCUT2D eigenvalue weighted by atomic mass is 10.2. The van der Waals surface area contributed by atoms with Crippen molar-refractivity contribution in [3.8, 4) is 0 Å². The highest BCUT2D eigenvalue weighted by Crippen LogP contribution is 1.86. The first-order valence-electron chi connectivity index (χ1n) is 3.18. The van der Waals surface area contributed by atoms with Crippen LogP contribution in [0.15, 0.2) is 0 Å². The predicted molar refractivity (Wildman–Crippen MR) is 34.7 cm³/mol. The number of amides is 2. The molecule has 0 aromatic rings. The van der Waals surface area contributed by atoms with Crippen molar-refractivity contribution in [2.45, 2.75) is 6.04 Å². The lowest BCUT2D eigenvalue weighted by Gasteiger charge is -2.21. The standard InChI is InChI=1S/C5H9N3O3/c9-4-2-6-3(1-7-4)5(10)8-11/h3,6,11H,1-2H2,(H,7,9)(H,8,10). The minimum Gasteiger partial charge on any atom is -0.353 e. The van der Waals surface area contributed by atoms with Crippen molar-refractivity contribution in [2.75, 3.05) is 13.1 Å². The van der Waals surface area contributed by atoms with Crippen LogP contribution in [0.3, 0.4) is 0 Å². The van der Waals surface area contributed by atoms with Crippen molar-refractivity contribution in [1.82, 2.24) is 16.1 Å². The third-order valence-corrected chi connectivity index (χ3v) is 1.44. The van der Waals surface area contributed by atoms with Gasteiger partial charge in [-0.25, -0.2) is 5.48 Å². The summed E-state index contributed by atoms with van der Waals surface area (Å²) in [6.45, 7) is 0.323. The minimum atomic E-state index is -0.537. The Labute approximate surface area is 62.9 Å². The highest BCUT2D eigenvalue weighted by Gasteiger charge is 2.22. The summed E-state index contributed by atoms with van der Waals surface area (Å²) in [7, 11) is 0. The number of carbonyl (C=O) groups excluding carboxylic acids is 2. The van der Waals surface area contributed by atoms with Gasteiger partial charge < -0.3 is 5.32 Å². The number of hydrogen-bond acceptors (Lipinski definition) is 4. The molecule has 2 amide bonds. The van der Waals surface area contributed by atoms with Crippen molar-refractivity contribution in [2.24, 2.45) is 0 Å². The summed E-state index contributed by atoms with van der Waals surface area (Å²) in [6.07, 6.45) is 0. The van der Waals surface area contributed by atoms with Crippen LogP contribution in [0.4, 0.5) is 0 Å². The molecular weight excluding hydrogens is 150 g/mol. The van der Waals surface area contributed by atoms with Crippen molar-refractivity contribution in [1.29, 1.82) is 0 Å². The SMILES string of the molecule is O=C1CNC(C(=O)NO)CN1. The van der Waals surface area contributed by atoms with Gasteiger partial charge in [-0.2, -0.15) is 0 Å². The Morgan fingerprint density at radius 1 is 1.73 bits per heavy atom. The fourth-order valence-electron chi connectivity index (χ4n) is 0.830. The molecule has 0 aromatic heterocycles. The first-order valence-corrected chi connectivity index (χ1v) is 3.18. The van der Waals surface area contributed by atoms with E-state index in [1.807, 2.05) is 0 Å². The lowest BCUT2D eigenvalue weighted by molar-refractivity contribution is -0.133. The molecule has 1 unspecified atom stereocenters. The summed E-state index contributed by atoms with van der Waals surface area (Å²) in [5.74, 6) is -0.683. The summed E-state index contributed by atoms with van der Waals surface area (Å²) < 4.78 is 0. The number of nitrogens with one attached hydrogen (secondary N) is 3. The molecule has 11 heavy (non-hydrogen) atoms. The maximum absolute atomic E-state index is 10.7. The molecule has 0 radical (unpaired) electrons. The van der Waals surface area contributed by atoms with Gasteiger partial charge in [-0.3, -0.25) is 20.1 Å². The Morgan fingerprint density at radius 3 is 2.91 bits per heavy atom. The van der Waals surface area contributed by atoms with Crippen molar-refractivity contribution >= 4 is 11.8 Å². The molecule has 1 aliphatic rings. The van der Waals surface area contributed by atoms with Crippen molar-refractivity contribution < 1.29 is 14.8 Å². The fourth-order valence-corrected chi connectivity index (χ4v) is 0.830. The van der Waals surface area contributed by atoms with Crippen LogP contribution in [0.1, 0.15) is 0 Å². The van der Waals surface area contributed by atoms with Gasteiger partial charge in [-0.05, 0) is 0 Å². The largest absolute Gasteiger partial charge is 0.353 e. The molecule has 1 rings (SSSR count). The molecule has 4 N–H and O–H groups in total. The Balaban J connectivity index is 2.39. The average molecular weight is 159 g/mol. The molecule has 0 aliphatic carbocycles. The second-order valence-electron chi connectivity index (χ2n) is 2.21. The molecule has 1 aliphatic heterocycles. The number of hydrogen-bond donors (Lipinski definition) is 4. The van der Waals surface area contributed by atoms with E-state index in [1.54, 1.807) is 0 Å². The lowest BCUT2D eigenvalue weighted by Crippen LogP contribution is -2.57. The summed E-state index contributed by atoms with van der Waals surface area (Å²) in [5.41, 5.74) is 1.50. The maximum atomic E-state index is 10.7. The molecule has 1 heterocycles. The van der Waals surface area contributed by atoms with Gasteiger partial charge in [0.25, 0.3) is 5.91 Å². The predicted octanol–water partition coefficient (Wildman–Crippen LogP) is -2.42. The maximum Gasteiger partial charge on any atom is 0.262 e. The molecule has 1 saturated heterocycles. The van der Waals surface area contributed by atoms with Crippen LogP contribution >= 0.6 is 0 Å². The monoisotopic (exact) mass is 159 g/mol. The van der Waals surface area contributed by atoms with Gasteiger partial charge in [-0.1, -0.05) is 0 Å². The zero-order chi connectivity index (χ0) is 8.27. The number of piperazine rings is 1. The third kappa shape index (κ3) is 1.89. The summed E-state index contributed by atoms with van der Waals surface area (Å²) in [4.78, 5) is 21.3. The van der Waals surface area contributed by atoms with E-state index in [-0.39, 0.29) is 19.0 Å². The third-order valence-electron chi connectivity index (χ3n) is 1.44. The quantitative estimate of drug-likeness (QED) is 0.253. The molecule has 62 valence electrons. The van der Waals surface area contributed by atoms with E-state index in [1.165, 1.54) is 5.48 Å². The first kappa shape index (κ1) is 7.96. The summed E-state index contributed by atoms with van der Waals surface area (Å²) in [5, 5.41) is 13.3. The van der Waals surface area contributed by atoms with Gasteiger partial charge in [0.15, 0.2) is 0 Å². The zero-order valence-corrected chi connectivity index (χ0v) is 5.76. The van der Waals surface area contributed by atoms with Crippen LogP contribution in [0.5, 0.6) is 0 Å². The van der Waals surface area contributed by atoms with Crippen LogP contribution in [-0.2, 0) is 9.59 Å². The average Bonchev–Trinajstić information content (AvgIpc) is 2.05. The highest BCUT2D eigenvalue weighted by molar-refractivity contribution is 5.86. The van der Waals surface area contributed by atoms with Gasteiger partial charge in [0.1, 0.15) is 6.04 Å². The van der Waals surface area contributed by atoms with E-state index >= 15 is 0 Å². The molecular formula is C5H9N3O3. The van der Waals surface area contributed by atoms with Gasteiger partial charge in [-0.15, -0.1) is 0 Å². The minimum absolute atomic E-state index is 0.109. The van der Waals surface area contributed by atoms with Gasteiger partial charge in [0, 0.05) is 6.54 Å². The van der Waals surface area contributed by atoms with E-state index in [0.29, 0.717) is 0 Å². The smallest absolute Gasteiger partial charge is 0.262 e. The molecule has 0 aromatic carbocycles. The summed E-state index contributed by atoms with van der Waals surface area (Å²) >= 11 is 0. The van der Waals surface area contributed by atoms with Crippen LogP contribution < -0.4 is 16.1 Å². The Kier molecular flexibility index (Phi) is 2.40. The fraction of sp³-hybridized carbons (Fsp3) is 0.600. The Hall–Kier alpha value is -1.14. The van der Waals surface area contributed by atoms with E-state index in [9.17, 15) is 9.59 Å². The second kappa shape index (κ2) is 3.31. The molecule has 0 saturated carbocycles. The Morgan fingerprint density at radius 2 is 2.45 bits per heavy atom. The van der Waals surface area contributed by atoms with Crippen LogP contribution in [0.25, 0.3) is 0 Å². The molecule has 1 atom stereocenters. The molecule has 0 bridgehead atoms. The van der Waals surface area contributed by atoms with Crippen LogP contribution in [-0.4, -0.2) is 36.2 Å². The van der Waals surface area contributed by atoms with Gasteiger partial charge in [0.2, 0.25) is 5.91 Å². The highest BCUT2D eigenvalue weighted by atomic mass is 16.5. The van der Waals surface area contributed by atoms with Gasteiger partial charge in [0.05, 0.1) is 6.54 Å². The molecule has 6 nitrogen and oxygen atoms in total. The Bertz CT molecular complexity index is 172.